The normalized spacial score (nSPS) is 10.4. The number of benzene rings is 2. The van der Waals surface area contributed by atoms with Crippen molar-refractivity contribution >= 4 is 34.3 Å². The van der Waals surface area contributed by atoms with Gasteiger partial charge in [-0.3, -0.25) is 0 Å². The van der Waals surface area contributed by atoms with Crippen LogP contribution in [-0.4, -0.2) is 11.5 Å². The molecule has 0 saturated carbocycles. The fourth-order valence-electron chi connectivity index (χ4n) is 1.80. The summed E-state index contributed by atoms with van der Waals surface area (Å²) in [5.41, 5.74) is 0. The second-order valence-corrected chi connectivity index (χ2v) is 5.93. The maximum Gasteiger partial charge on any atom is 0.0158 e. The van der Waals surface area contributed by atoms with Crippen molar-refractivity contribution in [1.82, 2.24) is 0 Å². The first-order chi connectivity index (χ1) is 8.86. The largest absolute Gasteiger partial charge is 0.121 e. The zero-order valence-corrected chi connectivity index (χ0v) is 11.9. The van der Waals surface area contributed by atoms with Crippen molar-refractivity contribution in [3.05, 3.63) is 61.7 Å². The Bertz CT molecular complexity index is 507. The van der Waals surface area contributed by atoms with Gasteiger partial charge < -0.3 is 0 Å². The highest BCUT2D eigenvalue weighted by molar-refractivity contribution is 8.00. The molecule has 0 nitrogen and oxygen atoms in total. The van der Waals surface area contributed by atoms with Crippen molar-refractivity contribution in [2.24, 2.45) is 0 Å². The molecule has 0 N–H and O–H groups in total. The first-order valence-corrected chi connectivity index (χ1v) is 7.83. The van der Waals surface area contributed by atoms with E-state index in [1.54, 1.807) is 0 Å². The summed E-state index contributed by atoms with van der Waals surface area (Å²) in [5.74, 6) is 1.90. The molecule has 0 atom stereocenters. The Morgan fingerprint density at radius 2 is 1.22 bits per heavy atom. The zero-order valence-electron chi connectivity index (χ0n) is 10.3. The molecular formula is C16H16S2. The molecule has 0 amide bonds. The van der Waals surface area contributed by atoms with Gasteiger partial charge >= 0.3 is 0 Å². The van der Waals surface area contributed by atoms with E-state index in [4.69, 9.17) is 0 Å². The third-order valence-corrected chi connectivity index (χ3v) is 4.69. The molecule has 0 saturated heterocycles. The average Bonchev–Trinajstić information content (AvgIpc) is 2.42. The van der Waals surface area contributed by atoms with Crippen LogP contribution in [0.5, 0.6) is 0 Å². The first kappa shape index (κ1) is 13.3. The lowest BCUT2D eigenvalue weighted by atomic mass is 10.1. The van der Waals surface area contributed by atoms with Crippen LogP contribution in [0.3, 0.4) is 0 Å². The van der Waals surface area contributed by atoms with Crippen molar-refractivity contribution in [1.29, 1.82) is 0 Å². The van der Waals surface area contributed by atoms with Crippen LogP contribution in [0.25, 0.3) is 10.8 Å². The lowest BCUT2D eigenvalue weighted by Crippen LogP contribution is -1.82. The van der Waals surface area contributed by atoms with Gasteiger partial charge in [-0.1, -0.05) is 36.4 Å². The van der Waals surface area contributed by atoms with Crippen molar-refractivity contribution < 1.29 is 0 Å². The van der Waals surface area contributed by atoms with E-state index >= 15 is 0 Å². The summed E-state index contributed by atoms with van der Waals surface area (Å²) in [6.07, 6.45) is 3.89. The number of fused-ring (bicyclic) bond motifs is 1. The number of thioether (sulfide) groups is 2. The Labute approximate surface area is 117 Å². The van der Waals surface area contributed by atoms with Crippen LogP contribution in [0.4, 0.5) is 0 Å². The van der Waals surface area contributed by atoms with Crippen LogP contribution in [0.1, 0.15) is 0 Å². The fourth-order valence-corrected chi connectivity index (χ4v) is 3.41. The summed E-state index contributed by atoms with van der Waals surface area (Å²) in [6.45, 7) is 7.56. The van der Waals surface area contributed by atoms with Gasteiger partial charge in [0.15, 0.2) is 0 Å². The van der Waals surface area contributed by atoms with Crippen LogP contribution in [0.2, 0.25) is 0 Å². The summed E-state index contributed by atoms with van der Waals surface area (Å²) in [4.78, 5) is 2.65. The molecule has 0 spiro atoms. The summed E-state index contributed by atoms with van der Waals surface area (Å²) in [7, 11) is 0. The molecule has 0 unspecified atom stereocenters. The SMILES string of the molecule is C=CCSc1cccc2c(SCC=C)cccc12. The van der Waals surface area contributed by atoms with Crippen molar-refractivity contribution in [2.45, 2.75) is 9.79 Å². The van der Waals surface area contributed by atoms with E-state index in [-0.39, 0.29) is 0 Å². The molecule has 92 valence electrons. The lowest BCUT2D eigenvalue weighted by Gasteiger charge is -2.08. The molecule has 2 heteroatoms. The minimum atomic E-state index is 0.948. The van der Waals surface area contributed by atoms with Crippen LogP contribution in [-0.2, 0) is 0 Å². The summed E-state index contributed by atoms with van der Waals surface area (Å²) in [6, 6.07) is 13.0. The summed E-state index contributed by atoms with van der Waals surface area (Å²) in [5, 5.41) is 2.66. The second kappa shape index (κ2) is 6.72. The molecule has 0 aromatic heterocycles. The molecular weight excluding hydrogens is 256 g/mol. The van der Waals surface area contributed by atoms with E-state index < -0.39 is 0 Å². The molecule has 2 aromatic rings. The molecule has 0 heterocycles. The monoisotopic (exact) mass is 272 g/mol. The Balaban J connectivity index is 2.43. The van der Waals surface area contributed by atoms with E-state index in [0.29, 0.717) is 0 Å². The number of rotatable bonds is 6. The van der Waals surface area contributed by atoms with Gasteiger partial charge in [-0.05, 0) is 22.9 Å². The second-order valence-electron chi connectivity index (χ2n) is 3.81. The van der Waals surface area contributed by atoms with Gasteiger partial charge in [-0.15, -0.1) is 36.7 Å². The quantitative estimate of drug-likeness (QED) is 0.510. The van der Waals surface area contributed by atoms with E-state index in [1.807, 2.05) is 35.7 Å². The first-order valence-electron chi connectivity index (χ1n) is 5.86. The molecule has 0 aliphatic rings. The molecule has 0 fully saturated rings. The average molecular weight is 272 g/mol. The Kier molecular flexibility index (Phi) is 4.97. The summed E-state index contributed by atoms with van der Waals surface area (Å²) < 4.78 is 0. The van der Waals surface area contributed by atoms with Gasteiger partial charge in [0.1, 0.15) is 0 Å². The van der Waals surface area contributed by atoms with Crippen LogP contribution >= 0.6 is 23.5 Å². The lowest BCUT2D eigenvalue weighted by molar-refractivity contribution is 1.47. The topological polar surface area (TPSA) is 0 Å². The van der Waals surface area contributed by atoms with Crippen LogP contribution in [0, 0.1) is 0 Å². The summed E-state index contributed by atoms with van der Waals surface area (Å²) >= 11 is 3.67. The molecule has 0 radical (unpaired) electrons. The Morgan fingerprint density at radius 1 is 0.778 bits per heavy atom. The van der Waals surface area contributed by atoms with Gasteiger partial charge in [0, 0.05) is 21.3 Å². The molecule has 2 rings (SSSR count). The molecule has 18 heavy (non-hydrogen) atoms. The van der Waals surface area contributed by atoms with E-state index in [2.05, 4.69) is 49.6 Å². The highest BCUT2D eigenvalue weighted by Crippen LogP contribution is 2.33. The van der Waals surface area contributed by atoms with Gasteiger partial charge in [0.05, 0.1) is 0 Å². The minimum absolute atomic E-state index is 0.948. The zero-order chi connectivity index (χ0) is 12.8. The molecule has 0 aliphatic heterocycles. The Hall–Kier alpha value is -1.12. The third kappa shape index (κ3) is 3.01. The molecule has 2 aromatic carbocycles. The van der Waals surface area contributed by atoms with Gasteiger partial charge in [0.2, 0.25) is 0 Å². The third-order valence-electron chi connectivity index (χ3n) is 2.56. The highest BCUT2D eigenvalue weighted by atomic mass is 32.2. The van der Waals surface area contributed by atoms with Crippen molar-refractivity contribution in [3.63, 3.8) is 0 Å². The van der Waals surface area contributed by atoms with E-state index in [9.17, 15) is 0 Å². The number of hydrogen-bond donors (Lipinski definition) is 0. The maximum atomic E-state index is 3.78. The van der Waals surface area contributed by atoms with Crippen molar-refractivity contribution in [3.8, 4) is 0 Å². The number of hydrogen-bond acceptors (Lipinski definition) is 2. The minimum Gasteiger partial charge on any atom is -0.121 e. The van der Waals surface area contributed by atoms with Crippen LogP contribution < -0.4 is 0 Å². The highest BCUT2D eigenvalue weighted by Gasteiger charge is 2.04. The van der Waals surface area contributed by atoms with E-state index in [1.165, 1.54) is 20.6 Å². The van der Waals surface area contributed by atoms with E-state index in [0.717, 1.165) is 11.5 Å². The van der Waals surface area contributed by atoms with Gasteiger partial charge in [-0.25, -0.2) is 0 Å². The standard InChI is InChI=1S/C16H16S2/c1-3-11-17-15-9-5-8-14-13(15)7-6-10-16(14)18-12-4-2/h3-10H,1-2,11-12H2. The molecule has 0 bridgehead atoms. The van der Waals surface area contributed by atoms with Gasteiger partial charge in [0.25, 0.3) is 0 Å². The fraction of sp³-hybridized carbons (Fsp3) is 0.125. The Morgan fingerprint density at radius 3 is 1.61 bits per heavy atom. The van der Waals surface area contributed by atoms with Crippen LogP contribution in [0.15, 0.2) is 71.5 Å². The predicted molar refractivity (Wildman–Crippen MR) is 85.8 cm³/mol. The smallest absolute Gasteiger partial charge is 0.0158 e. The predicted octanol–water partition coefficient (Wildman–Crippen LogP) is 5.40. The molecule has 0 aliphatic carbocycles. The van der Waals surface area contributed by atoms with Crippen molar-refractivity contribution in [2.75, 3.05) is 11.5 Å². The van der Waals surface area contributed by atoms with Gasteiger partial charge in [-0.2, -0.15) is 0 Å². The maximum absolute atomic E-state index is 3.78.